The van der Waals surface area contributed by atoms with Crippen LogP contribution in [0.5, 0.6) is 0 Å². The minimum atomic E-state index is -2.90. The van der Waals surface area contributed by atoms with Crippen molar-refractivity contribution in [3.63, 3.8) is 0 Å². The number of amides is 1. The number of carbonyl (C=O) groups is 1. The second-order valence-electron chi connectivity index (χ2n) is 5.95. The number of hydrogen-bond donors (Lipinski definition) is 2. The average Bonchev–Trinajstić information content (AvgIpc) is 2.53. The summed E-state index contributed by atoms with van der Waals surface area (Å²) in [4.78, 5) is 12.0. The summed E-state index contributed by atoms with van der Waals surface area (Å²) in [6.07, 6.45) is 6.26. The smallest absolute Gasteiger partial charge is 0.220 e. The average molecular weight is 288 g/mol. The molecule has 5 nitrogen and oxygen atoms in total. The third kappa shape index (κ3) is 4.45. The Bertz CT molecular complexity index is 422. The van der Waals surface area contributed by atoms with Gasteiger partial charge < -0.3 is 11.1 Å². The third-order valence-corrected chi connectivity index (χ3v) is 6.05. The first kappa shape index (κ1) is 14.8. The molecule has 1 heterocycles. The van der Waals surface area contributed by atoms with E-state index in [1.165, 1.54) is 6.42 Å². The van der Waals surface area contributed by atoms with Gasteiger partial charge in [-0.05, 0) is 25.2 Å². The molecule has 1 saturated carbocycles. The van der Waals surface area contributed by atoms with Crippen LogP contribution in [0.4, 0.5) is 0 Å². The third-order valence-electron chi connectivity index (χ3n) is 4.22. The maximum Gasteiger partial charge on any atom is 0.220 e. The van der Waals surface area contributed by atoms with Gasteiger partial charge in [-0.2, -0.15) is 0 Å². The van der Waals surface area contributed by atoms with Crippen LogP contribution >= 0.6 is 0 Å². The van der Waals surface area contributed by atoms with Gasteiger partial charge >= 0.3 is 0 Å². The van der Waals surface area contributed by atoms with Crippen LogP contribution in [0.1, 0.15) is 44.9 Å². The Hall–Kier alpha value is -0.620. The Morgan fingerprint density at radius 2 is 1.89 bits per heavy atom. The molecule has 6 heteroatoms. The van der Waals surface area contributed by atoms with Crippen LogP contribution in [0.3, 0.4) is 0 Å². The molecule has 3 unspecified atom stereocenters. The number of carbonyl (C=O) groups excluding carboxylic acids is 1. The molecule has 19 heavy (non-hydrogen) atoms. The zero-order valence-corrected chi connectivity index (χ0v) is 12.1. The molecule has 0 radical (unpaired) electrons. The zero-order chi connectivity index (χ0) is 13.9. The first-order chi connectivity index (χ1) is 8.96. The molecule has 0 aromatic rings. The van der Waals surface area contributed by atoms with Crippen LogP contribution < -0.4 is 11.1 Å². The molecule has 0 aromatic heterocycles. The maximum atomic E-state index is 12.0. The molecule has 0 bridgehead atoms. The van der Waals surface area contributed by atoms with Gasteiger partial charge in [-0.25, -0.2) is 8.42 Å². The van der Waals surface area contributed by atoms with Crippen molar-refractivity contribution in [2.75, 3.05) is 11.5 Å². The van der Waals surface area contributed by atoms with E-state index in [4.69, 9.17) is 5.73 Å². The molecule has 1 aliphatic carbocycles. The topological polar surface area (TPSA) is 89.3 Å². The Labute approximate surface area is 115 Å². The van der Waals surface area contributed by atoms with Crippen molar-refractivity contribution >= 4 is 15.7 Å². The van der Waals surface area contributed by atoms with Gasteiger partial charge in [-0.1, -0.05) is 19.3 Å². The summed E-state index contributed by atoms with van der Waals surface area (Å²) in [5.41, 5.74) is 6.07. The van der Waals surface area contributed by atoms with Crippen LogP contribution in [0.15, 0.2) is 0 Å². The number of nitrogens with one attached hydrogen (secondary N) is 1. The van der Waals surface area contributed by atoms with Gasteiger partial charge in [-0.3, -0.25) is 4.79 Å². The van der Waals surface area contributed by atoms with Crippen molar-refractivity contribution in [3.05, 3.63) is 0 Å². The van der Waals surface area contributed by atoms with Crippen molar-refractivity contribution in [2.24, 2.45) is 11.7 Å². The predicted octanol–water partition coefficient (Wildman–Crippen LogP) is 0.587. The summed E-state index contributed by atoms with van der Waals surface area (Å²) in [5.74, 6) is 0.349. The van der Waals surface area contributed by atoms with Gasteiger partial charge in [-0.15, -0.1) is 0 Å². The highest BCUT2D eigenvalue weighted by molar-refractivity contribution is 7.91. The molecule has 2 fully saturated rings. The zero-order valence-electron chi connectivity index (χ0n) is 11.3. The lowest BCUT2D eigenvalue weighted by atomic mass is 10.0. The first-order valence-electron chi connectivity index (χ1n) is 7.21. The van der Waals surface area contributed by atoms with Gasteiger partial charge in [0, 0.05) is 18.5 Å². The minimum absolute atomic E-state index is 0.00741. The maximum absolute atomic E-state index is 12.0. The van der Waals surface area contributed by atoms with E-state index < -0.39 is 9.84 Å². The fraction of sp³-hybridized carbons (Fsp3) is 0.923. The van der Waals surface area contributed by atoms with Crippen LogP contribution in [0.25, 0.3) is 0 Å². The summed E-state index contributed by atoms with van der Waals surface area (Å²) in [6, 6.07) is 0.103. The lowest BCUT2D eigenvalue weighted by Gasteiger charge is -2.23. The predicted molar refractivity (Wildman–Crippen MR) is 74.4 cm³/mol. The van der Waals surface area contributed by atoms with Gasteiger partial charge in [0.1, 0.15) is 0 Å². The number of nitrogens with two attached hydrogens (primary N) is 1. The summed E-state index contributed by atoms with van der Waals surface area (Å²) in [6.45, 7) is 0. The van der Waals surface area contributed by atoms with E-state index in [0.29, 0.717) is 12.8 Å². The summed E-state index contributed by atoms with van der Waals surface area (Å²) >= 11 is 0. The Morgan fingerprint density at radius 3 is 2.58 bits per heavy atom. The number of rotatable bonds is 3. The second kappa shape index (κ2) is 6.22. The molecule has 0 spiro atoms. The van der Waals surface area contributed by atoms with E-state index in [1.807, 2.05) is 0 Å². The molecular formula is C13H24N2O3S. The van der Waals surface area contributed by atoms with Crippen molar-refractivity contribution in [3.8, 4) is 0 Å². The standard InChI is InChI=1S/C13H24N2O3S/c14-11-4-2-1-3-5-12(11)15-13(16)8-10-6-7-19(17,18)9-10/h10-12H,1-9,14H2,(H,15,16). The normalized spacial score (nSPS) is 34.7. The van der Waals surface area contributed by atoms with E-state index in [0.717, 1.165) is 25.7 Å². The Morgan fingerprint density at radius 1 is 1.16 bits per heavy atom. The summed E-state index contributed by atoms with van der Waals surface area (Å²) < 4.78 is 22.7. The molecular weight excluding hydrogens is 264 g/mol. The molecule has 0 aromatic carbocycles. The van der Waals surface area contributed by atoms with E-state index >= 15 is 0 Å². The minimum Gasteiger partial charge on any atom is -0.352 e. The molecule has 110 valence electrons. The monoisotopic (exact) mass is 288 g/mol. The molecule has 2 aliphatic rings. The van der Waals surface area contributed by atoms with Gasteiger partial charge in [0.05, 0.1) is 11.5 Å². The van der Waals surface area contributed by atoms with Crippen molar-refractivity contribution in [2.45, 2.75) is 57.0 Å². The van der Waals surface area contributed by atoms with Crippen molar-refractivity contribution < 1.29 is 13.2 Å². The highest BCUT2D eigenvalue weighted by Crippen LogP contribution is 2.22. The molecule has 3 atom stereocenters. The van der Waals surface area contributed by atoms with Gasteiger partial charge in [0.2, 0.25) is 5.91 Å². The van der Waals surface area contributed by atoms with E-state index in [1.54, 1.807) is 0 Å². The molecule has 2 rings (SSSR count). The summed E-state index contributed by atoms with van der Waals surface area (Å²) in [7, 11) is -2.90. The molecule has 1 saturated heterocycles. The fourth-order valence-corrected chi connectivity index (χ4v) is 4.94. The van der Waals surface area contributed by atoms with Crippen LogP contribution in [0, 0.1) is 5.92 Å². The first-order valence-corrected chi connectivity index (χ1v) is 9.04. The van der Waals surface area contributed by atoms with E-state index in [-0.39, 0.29) is 35.4 Å². The molecule has 3 N–H and O–H groups in total. The van der Waals surface area contributed by atoms with Crippen LogP contribution in [-0.2, 0) is 14.6 Å². The lowest BCUT2D eigenvalue weighted by molar-refractivity contribution is -0.122. The Balaban J connectivity index is 1.80. The number of hydrogen-bond acceptors (Lipinski definition) is 4. The summed E-state index contributed by atoms with van der Waals surface area (Å²) in [5, 5.41) is 3.00. The molecule has 1 aliphatic heterocycles. The molecule has 1 amide bonds. The second-order valence-corrected chi connectivity index (χ2v) is 8.18. The van der Waals surface area contributed by atoms with Crippen LogP contribution in [0.2, 0.25) is 0 Å². The van der Waals surface area contributed by atoms with E-state index in [2.05, 4.69) is 5.32 Å². The number of sulfone groups is 1. The van der Waals surface area contributed by atoms with Crippen molar-refractivity contribution in [1.29, 1.82) is 0 Å². The van der Waals surface area contributed by atoms with Crippen molar-refractivity contribution in [1.82, 2.24) is 5.32 Å². The van der Waals surface area contributed by atoms with Crippen LogP contribution in [-0.4, -0.2) is 37.9 Å². The SMILES string of the molecule is NC1CCCCCC1NC(=O)CC1CCS(=O)(=O)C1. The van der Waals surface area contributed by atoms with Gasteiger partial charge in [0.25, 0.3) is 0 Å². The van der Waals surface area contributed by atoms with Gasteiger partial charge in [0.15, 0.2) is 9.84 Å². The quantitative estimate of drug-likeness (QED) is 0.744. The lowest BCUT2D eigenvalue weighted by Crippen LogP contribution is -2.47. The fourth-order valence-electron chi connectivity index (χ4n) is 3.08. The largest absolute Gasteiger partial charge is 0.352 e. The highest BCUT2D eigenvalue weighted by atomic mass is 32.2. The highest BCUT2D eigenvalue weighted by Gasteiger charge is 2.30. The Kier molecular flexibility index (Phi) is 4.84. The van der Waals surface area contributed by atoms with E-state index in [9.17, 15) is 13.2 Å².